The molecule has 1 aromatic carbocycles. The zero-order valence-electron chi connectivity index (χ0n) is 19.2. The Balaban J connectivity index is 1.44. The highest BCUT2D eigenvalue weighted by Gasteiger charge is 2.57. The third-order valence-electron chi connectivity index (χ3n) is 7.18. The number of halogens is 1. The number of nitrogens with zero attached hydrogens (tertiary/aromatic N) is 5. The highest BCUT2D eigenvalue weighted by atomic mass is 19.1. The van der Waals surface area contributed by atoms with E-state index in [4.69, 9.17) is 4.98 Å². The molecule has 6 nitrogen and oxygen atoms in total. The SMILES string of the molecule is CC(C)n1cnc(C2CN(Cc3ccccc3F)CC23CCN(Cc2cccnc2)C3=O)c1. The normalized spacial score (nSPS) is 23.3. The van der Waals surface area contributed by atoms with Crippen molar-refractivity contribution in [2.24, 2.45) is 5.41 Å². The summed E-state index contributed by atoms with van der Waals surface area (Å²) in [7, 11) is 0. The molecule has 2 aliphatic rings. The van der Waals surface area contributed by atoms with Gasteiger partial charge in [0.25, 0.3) is 0 Å². The molecule has 0 aliphatic carbocycles. The number of carbonyl (C=O) groups is 1. The lowest BCUT2D eigenvalue weighted by atomic mass is 9.75. The lowest BCUT2D eigenvalue weighted by Gasteiger charge is -2.28. The molecule has 5 rings (SSSR count). The lowest BCUT2D eigenvalue weighted by Crippen LogP contribution is -2.39. The fourth-order valence-electron chi connectivity index (χ4n) is 5.38. The quantitative estimate of drug-likeness (QED) is 0.573. The van der Waals surface area contributed by atoms with E-state index in [2.05, 4.69) is 34.5 Å². The summed E-state index contributed by atoms with van der Waals surface area (Å²) in [5, 5.41) is 0. The van der Waals surface area contributed by atoms with E-state index in [1.54, 1.807) is 12.3 Å². The molecule has 2 fully saturated rings. The van der Waals surface area contributed by atoms with Crippen molar-refractivity contribution in [2.75, 3.05) is 19.6 Å². The van der Waals surface area contributed by atoms with Crippen LogP contribution in [0.25, 0.3) is 0 Å². The Morgan fingerprint density at radius 2 is 2.03 bits per heavy atom. The van der Waals surface area contributed by atoms with Crippen molar-refractivity contribution in [1.29, 1.82) is 0 Å². The maximum absolute atomic E-state index is 14.4. The van der Waals surface area contributed by atoms with Gasteiger partial charge in [0.2, 0.25) is 5.91 Å². The smallest absolute Gasteiger partial charge is 0.231 e. The van der Waals surface area contributed by atoms with E-state index in [9.17, 15) is 9.18 Å². The zero-order valence-corrected chi connectivity index (χ0v) is 19.2. The lowest BCUT2D eigenvalue weighted by molar-refractivity contribution is -0.136. The second kappa shape index (κ2) is 8.71. The number of hydrogen-bond acceptors (Lipinski definition) is 4. The number of amides is 1. The second-order valence-electron chi connectivity index (χ2n) is 9.65. The first kappa shape index (κ1) is 21.8. The van der Waals surface area contributed by atoms with Gasteiger partial charge in [0.15, 0.2) is 0 Å². The summed E-state index contributed by atoms with van der Waals surface area (Å²) in [4.78, 5) is 27.0. The van der Waals surface area contributed by atoms with Crippen LogP contribution in [0.5, 0.6) is 0 Å². The van der Waals surface area contributed by atoms with Crippen LogP contribution in [0.1, 0.15) is 49.0 Å². The number of benzene rings is 1. The summed E-state index contributed by atoms with van der Waals surface area (Å²) in [5.41, 5.74) is 2.11. The molecule has 2 aromatic heterocycles. The molecule has 2 saturated heterocycles. The van der Waals surface area contributed by atoms with Crippen molar-refractivity contribution in [2.45, 2.75) is 45.3 Å². The standard InChI is InChI=1S/C26H30FN5O/c1-19(2)32-16-24(29-18-32)22-15-30(14-21-7-3-4-8-23(21)27)17-26(22)9-11-31(25(26)33)13-20-6-5-10-28-12-20/h3-8,10,12,16,18-19,22H,9,11,13-15,17H2,1-2H3. The number of imidazole rings is 1. The van der Waals surface area contributed by atoms with Crippen molar-refractivity contribution < 1.29 is 9.18 Å². The van der Waals surface area contributed by atoms with E-state index in [-0.39, 0.29) is 17.6 Å². The van der Waals surface area contributed by atoms with Crippen LogP contribution in [0.4, 0.5) is 4.39 Å². The van der Waals surface area contributed by atoms with E-state index >= 15 is 0 Å². The molecule has 0 saturated carbocycles. The number of aromatic nitrogens is 3. The Bertz CT molecular complexity index is 1130. The summed E-state index contributed by atoms with van der Waals surface area (Å²) in [6.07, 6.45) is 8.29. The molecular weight excluding hydrogens is 417 g/mol. The van der Waals surface area contributed by atoms with Crippen molar-refractivity contribution in [3.63, 3.8) is 0 Å². The van der Waals surface area contributed by atoms with Crippen LogP contribution >= 0.6 is 0 Å². The maximum Gasteiger partial charge on any atom is 0.231 e. The Labute approximate surface area is 194 Å². The molecule has 3 aromatic rings. The van der Waals surface area contributed by atoms with Crippen molar-refractivity contribution >= 4 is 5.91 Å². The minimum absolute atomic E-state index is 0.0179. The first-order chi connectivity index (χ1) is 16.0. The third-order valence-corrected chi connectivity index (χ3v) is 7.18. The van der Waals surface area contributed by atoms with Crippen molar-refractivity contribution in [3.05, 3.63) is 84.0 Å². The summed E-state index contributed by atoms with van der Waals surface area (Å²) < 4.78 is 16.5. The molecule has 7 heteroatoms. The van der Waals surface area contributed by atoms with Gasteiger partial charge >= 0.3 is 0 Å². The van der Waals surface area contributed by atoms with Crippen LogP contribution in [0.2, 0.25) is 0 Å². The van der Waals surface area contributed by atoms with Gasteiger partial charge in [0, 0.05) is 68.8 Å². The molecule has 2 aliphatic heterocycles. The fourth-order valence-corrected chi connectivity index (χ4v) is 5.38. The molecule has 1 spiro atoms. The van der Waals surface area contributed by atoms with Crippen molar-refractivity contribution in [3.8, 4) is 0 Å². The number of rotatable bonds is 6. The van der Waals surface area contributed by atoms with Gasteiger partial charge in [0.1, 0.15) is 5.82 Å². The van der Waals surface area contributed by atoms with Crippen LogP contribution in [0.15, 0.2) is 61.3 Å². The average Bonchev–Trinajstić information content (AvgIpc) is 3.51. The Morgan fingerprint density at radius 3 is 2.76 bits per heavy atom. The number of hydrogen-bond donors (Lipinski definition) is 0. The number of carbonyl (C=O) groups excluding carboxylic acids is 1. The molecule has 0 bridgehead atoms. The van der Waals surface area contributed by atoms with Gasteiger partial charge < -0.3 is 9.47 Å². The first-order valence-corrected chi connectivity index (χ1v) is 11.6. The number of pyridine rings is 1. The van der Waals surface area contributed by atoms with E-state index < -0.39 is 5.41 Å². The largest absolute Gasteiger partial charge is 0.338 e. The Morgan fingerprint density at radius 1 is 1.18 bits per heavy atom. The summed E-state index contributed by atoms with van der Waals surface area (Å²) in [6, 6.07) is 11.1. The molecule has 0 radical (unpaired) electrons. The topological polar surface area (TPSA) is 54.3 Å². The van der Waals surface area contributed by atoms with Crippen LogP contribution in [0, 0.1) is 11.2 Å². The Kier molecular flexibility index (Phi) is 5.74. The average molecular weight is 448 g/mol. The molecule has 0 N–H and O–H groups in total. The molecule has 2 atom stereocenters. The highest BCUT2D eigenvalue weighted by Crippen LogP contribution is 2.50. The maximum atomic E-state index is 14.4. The predicted molar refractivity (Wildman–Crippen MR) is 124 cm³/mol. The van der Waals surface area contributed by atoms with Gasteiger partial charge in [-0.05, 0) is 38.0 Å². The summed E-state index contributed by atoms with van der Waals surface area (Å²) in [5.74, 6) is -0.0443. The van der Waals surface area contributed by atoms with Crippen LogP contribution in [-0.2, 0) is 17.9 Å². The first-order valence-electron chi connectivity index (χ1n) is 11.6. The minimum Gasteiger partial charge on any atom is -0.338 e. The van der Waals surface area contributed by atoms with Crippen LogP contribution < -0.4 is 0 Å². The summed E-state index contributed by atoms with van der Waals surface area (Å²) >= 11 is 0. The van der Waals surface area contributed by atoms with E-state index in [1.807, 2.05) is 41.7 Å². The fraction of sp³-hybridized carbons (Fsp3) is 0.423. The van der Waals surface area contributed by atoms with Crippen LogP contribution in [-0.4, -0.2) is 49.9 Å². The predicted octanol–water partition coefficient (Wildman–Crippen LogP) is 4.02. The van der Waals surface area contributed by atoms with Crippen molar-refractivity contribution in [1.82, 2.24) is 24.3 Å². The monoisotopic (exact) mass is 447 g/mol. The van der Waals surface area contributed by atoms with Gasteiger partial charge in [-0.3, -0.25) is 14.7 Å². The second-order valence-corrected chi connectivity index (χ2v) is 9.65. The molecule has 33 heavy (non-hydrogen) atoms. The van der Waals surface area contributed by atoms with E-state index in [0.717, 1.165) is 17.7 Å². The molecule has 1 amide bonds. The zero-order chi connectivity index (χ0) is 23.0. The van der Waals surface area contributed by atoms with Gasteiger partial charge in [-0.15, -0.1) is 0 Å². The molecule has 4 heterocycles. The minimum atomic E-state index is -0.538. The molecule has 2 unspecified atom stereocenters. The molecule has 172 valence electrons. The van der Waals surface area contributed by atoms with Crippen LogP contribution in [0.3, 0.4) is 0 Å². The van der Waals surface area contributed by atoms with Gasteiger partial charge in [-0.2, -0.15) is 0 Å². The Hall–Kier alpha value is -3.06. The van der Waals surface area contributed by atoms with Gasteiger partial charge in [-0.1, -0.05) is 24.3 Å². The van der Waals surface area contributed by atoms with Gasteiger partial charge in [-0.25, -0.2) is 9.37 Å². The highest BCUT2D eigenvalue weighted by molar-refractivity contribution is 5.86. The third kappa shape index (κ3) is 4.06. The number of likely N-dealkylation sites (tertiary alicyclic amines) is 2. The van der Waals surface area contributed by atoms with E-state index in [1.165, 1.54) is 6.07 Å². The van der Waals surface area contributed by atoms with Gasteiger partial charge in [0.05, 0.1) is 17.4 Å². The summed E-state index contributed by atoms with van der Waals surface area (Å²) in [6.45, 7) is 7.31. The van der Waals surface area contributed by atoms with E-state index in [0.29, 0.717) is 44.3 Å². The molecular formula is C26H30FN5O.